The van der Waals surface area contributed by atoms with Gasteiger partial charge in [-0.05, 0) is 25.0 Å². The topological polar surface area (TPSA) is 67.1 Å². The van der Waals surface area contributed by atoms with Crippen LogP contribution in [-0.2, 0) is 13.0 Å². The van der Waals surface area contributed by atoms with Gasteiger partial charge in [-0.1, -0.05) is 31.2 Å². The second-order valence-corrected chi connectivity index (χ2v) is 5.52. The van der Waals surface area contributed by atoms with Crippen LogP contribution in [0.4, 0.5) is 0 Å². The van der Waals surface area contributed by atoms with Crippen molar-refractivity contribution in [3.8, 4) is 0 Å². The minimum Gasteiger partial charge on any atom is -0.355 e. The van der Waals surface area contributed by atoms with E-state index in [9.17, 15) is 0 Å². The first-order chi connectivity index (χ1) is 11.2. The van der Waals surface area contributed by atoms with Crippen molar-refractivity contribution in [1.82, 2.24) is 25.4 Å². The molecule has 0 radical (unpaired) electrons. The third-order valence-corrected chi connectivity index (χ3v) is 3.89. The van der Waals surface area contributed by atoms with Crippen LogP contribution in [0.5, 0.6) is 0 Å². The van der Waals surface area contributed by atoms with Gasteiger partial charge in [0.05, 0.1) is 6.04 Å². The predicted molar refractivity (Wildman–Crippen MR) is 109 cm³/mol. The minimum atomic E-state index is 0. The van der Waals surface area contributed by atoms with Gasteiger partial charge in [-0.2, -0.15) is 0 Å². The molecule has 0 aliphatic carbocycles. The summed E-state index contributed by atoms with van der Waals surface area (Å²) in [7, 11) is 1.79. The highest BCUT2D eigenvalue weighted by molar-refractivity contribution is 14.0. The monoisotopic (exact) mass is 442 g/mol. The zero-order valence-corrected chi connectivity index (χ0v) is 17.1. The average molecular weight is 442 g/mol. The number of hydrogen-bond acceptors (Lipinski definition) is 3. The number of nitrogens with zero attached hydrogens (tertiary/aromatic N) is 4. The van der Waals surface area contributed by atoms with Crippen LogP contribution in [-0.4, -0.2) is 34.3 Å². The van der Waals surface area contributed by atoms with Crippen molar-refractivity contribution >= 4 is 29.9 Å². The Balaban J connectivity index is 0.00000288. The molecule has 0 saturated carbocycles. The van der Waals surface area contributed by atoms with Gasteiger partial charge in [0, 0.05) is 26.6 Å². The molecule has 1 heterocycles. The first-order valence-electron chi connectivity index (χ1n) is 8.05. The second kappa shape index (κ2) is 10.3. The van der Waals surface area contributed by atoms with Gasteiger partial charge in [-0.25, -0.2) is 0 Å². The molecule has 1 unspecified atom stereocenters. The van der Waals surface area contributed by atoms with E-state index in [4.69, 9.17) is 0 Å². The van der Waals surface area contributed by atoms with E-state index >= 15 is 0 Å². The van der Waals surface area contributed by atoms with Gasteiger partial charge in [-0.3, -0.25) is 4.99 Å². The summed E-state index contributed by atoms with van der Waals surface area (Å²) >= 11 is 0. The Morgan fingerprint density at radius 2 is 2.08 bits per heavy atom. The average Bonchev–Trinajstić information content (AvgIpc) is 3.01. The molecule has 0 amide bonds. The number of hydrogen-bond donors (Lipinski definition) is 2. The summed E-state index contributed by atoms with van der Waals surface area (Å²) in [6, 6.07) is 8.59. The summed E-state index contributed by atoms with van der Waals surface area (Å²) < 4.78 is 2.06. The van der Waals surface area contributed by atoms with Crippen LogP contribution in [0.1, 0.15) is 36.8 Å². The lowest BCUT2D eigenvalue weighted by molar-refractivity contribution is 0.620. The smallest absolute Gasteiger partial charge is 0.191 e. The van der Waals surface area contributed by atoms with Gasteiger partial charge in [0.1, 0.15) is 12.2 Å². The quantitative estimate of drug-likeness (QED) is 0.410. The minimum absolute atomic E-state index is 0. The first kappa shape index (κ1) is 20.4. The van der Waals surface area contributed by atoms with Crippen LogP contribution in [0.15, 0.2) is 35.6 Å². The Hall–Kier alpha value is -1.64. The van der Waals surface area contributed by atoms with E-state index in [1.54, 1.807) is 13.4 Å². The highest BCUT2D eigenvalue weighted by Crippen LogP contribution is 2.16. The fraction of sp³-hybridized carbons (Fsp3) is 0.471. The lowest BCUT2D eigenvalue weighted by Crippen LogP contribution is -2.40. The number of rotatable bonds is 6. The van der Waals surface area contributed by atoms with Crippen molar-refractivity contribution < 1.29 is 0 Å². The van der Waals surface area contributed by atoms with Crippen LogP contribution in [0.25, 0.3) is 0 Å². The largest absolute Gasteiger partial charge is 0.355 e. The van der Waals surface area contributed by atoms with Gasteiger partial charge in [0.25, 0.3) is 0 Å². The first-order valence-corrected chi connectivity index (χ1v) is 8.05. The van der Waals surface area contributed by atoms with Gasteiger partial charge < -0.3 is 15.2 Å². The molecule has 0 aliphatic heterocycles. The van der Waals surface area contributed by atoms with Crippen LogP contribution in [0.3, 0.4) is 0 Å². The number of aliphatic imine (C=N–C) groups is 1. The third kappa shape index (κ3) is 5.47. The van der Waals surface area contributed by atoms with Gasteiger partial charge in [0.15, 0.2) is 5.96 Å². The molecule has 2 rings (SSSR count). The Morgan fingerprint density at radius 1 is 1.33 bits per heavy atom. The maximum Gasteiger partial charge on any atom is 0.191 e. The molecular weight excluding hydrogens is 415 g/mol. The Labute approximate surface area is 161 Å². The molecule has 1 aromatic heterocycles. The lowest BCUT2D eigenvalue weighted by Gasteiger charge is -2.20. The zero-order chi connectivity index (χ0) is 16.7. The Bertz CT molecular complexity index is 652. The molecule has 2 N–H and O–H groups in total. The number of benzene rings is 1. The third-order valence-electron chi connectivity index (χ3n) is 3.89. The summed E-state index contributed by atoms with van der Waals surface area (Å²) in [5.74, 6) is 1.80. The Kier molecular flexibility index (Phi) is 8.73. The number of nitrogens with one attached hydrogen (secondary N) is 2. The van der Waals surface area contributed by atoms with Crippen molar-refractivity contribution in [2.45, 2.75) is 39.8 Å². The van der Waals surface area contributed by atoms with E-state index in [0.29, 0.717) is 0 Å². The van der Waals surface area contributed by atoms with Gasteiger partial charge in [0.2, 0.25) is 0 Å². The van der Waals surface area contributed by atoms with E-state index < -0.39 is 0 Å². The number of guanidine groups is 1. The molecule has 132 valence electrons. The Morgan fingerprint density at radius 3 is 2.75 bits per heavy atom. The molecule has 7 heteroatoms. The number of aromatic nitrogens is 3. The van der Waals surface area contributed by atoms with E-state index in [1.807, 2.05) is 0 Å². The maximum absolute atomic E-state index is 4.30. The lowest BCUT2D eigenvalue weighted by atomic mass is 10.0. The molecule has 1 atom stereocenters. The second-order valence-electron chi connectivity index (χ2n) is 5.52. The van der Waals surface area contributed by atoms with E-state index in [0.717, 1.165) is 31.3 Å². The van der Waals surface area contributed by atoms with Crippen LogP contribution in [0.2, 0.25) is 0 Å². The van der Waals surface area contributed by atoms with E-state index in [2.05, 4.69) is 75.4 Å². The van der Waals surface area contributed by atoms with Crippen molar-refractivity contribution in [3.05, 3.63) is 47.5 Å². The van der Waals surface area contributed by atoms with Gasteiger partial charge in [-0.15, -0.1) is 34.2 Å². The SMILES string of the molecule is CCc1nncn1CCNC(=NC)NC(C)c1ccccc1C.I. The van der Waals surface area contributed by atoms with E-state index in [-0.39, 0.29) is 30.0 Å². The van der Waals surface area contributed by atoms with Crippen molar-refractivity contribution in [2.75, 3.05) is 13.6 Å². The molecule has 24 heavy (non-hydrogen) atoms. The standard InChI is InChI=1S/C17H26N6.HI/c1-5-16-22-20-12-23(16)11-10-19-17(18-4)21-14(3)15-9-7-6-8-13(15)2;/h6-9,12,14H,5,10-11H2,1-4H3,(H2,18,19,21);1H. The summed E-state index contributed by atoms with van der Waals surface area (Å²) in [5, 5.41) is 14.8. The fourth-order valence-electron chi connectivity index (χ4n) is 2.58. The summed E-state index contributed by atoms with van der Waals surface area (Å²) in [5.41, 5.74) is 2.56. The van der Waals surface area contributed by atoms with Crippen LogP contribution < -0.4 is 10.6 Å². The highest BCUT2D eigenvalue weighted by Gasteiger charge is 2.09. The molecule has 0 spiro atoms. The van der Waals surface area contributed by atoms with Crippen molar-refractivity contribution in [3.63, 3.8) is 0 Å². The molecule has 0 aliphatic rings. The summed E-state index contributed by atoms with van der Waals surface area (Å²) in [6.45, 7) is 7.94. The normalized spacial score (nSPS) is 12.4. The van der Waals surface area contributed by atoms with Crippen molar-refractivity contribution in [2.24, 2.45) is 4.99 Å². The number of aryl methyl sites for hydroxylation is 2. The van der Waals surface area contributed by atoms with Crippen LogP contribution in [0, 0.1) is 6.92 Å². The molecule has 6 nitrogen and oxygen atoms in total. The van der Waals surface area contributed by atoms with E-state index in [1.165, 1.54) is 11.1 Å². The molecular formula is C17H27IN6. The summed E-state index contributed by atoms with van der Waals surface area (Å²) in [4.78, 5) is 4.30. The van der Waals surface area contributed by atoms with Crippen molar-refractivity contribution in [1.29, 1.82) is 0 Å². The van der Waals surface area contributed by atoms with Gasteiger partial charge >= 0.3 is 0 Å². The summed E-state index contributed by atoms with van der Waals surface area (Å²) in [6.07, 6.45) is 2.66. The molecule has 2 aromatic rings. The fourth-order valence-corrected chi connectivity index (χ4v) is 2.58. The van der Waals surface area contributed by atoms with Crippen LogP contribution >= 0.6 is 24.0 Å². The number of halogens is 1. The molecule has 1 aromatic carbocycles. The highest BCUT2D eigenvalue weighted by atomic mass is 127. The predicted octanol–water partition coefficient (Wildman–Crippen LogP) is 2.69. The maximum atomic E-state index is 4.30. The molecule has 0 fully saturated rings. The zero-order valence-electron chi connectivity index (χ0n) is 14.8. The molecule has 0 saturated heterocycles. The molecule has 0 bridgehead atoms.